The number of halogens is 3. The highest BCUT2D eigenvalue weighted by molar-refractivity contribution is 5.99. The second kappa shape index (κ2) is 8.31. The first-order valence-corrected chi connectivity index (χ1v) is 9.67. The first kappa shape index (κ1) is 23.3. The molecule has 170 valence electrons. The average Bonchev–Trinajstić information content (AvgIpc) is 2.67. The second-order valence-corrected chi connectivity index (χ2v) is 8.19. The predicted molar refractivity (Wildman–Crippen MR) is 113 cm³/mol. The third-order valence-electron chi connectivity index (χ3n) is 4.65. The van der Waals surface area contributed by atoms with Crippen LogP contribution in [-0.2, 0) is 16.6 Å². The molecule has 1 heterocycles. The lowest BCUT2D eigenvalue weighted by atomic mass is 9.94. The number of carbonyl (C=O) groups is 1. The summed E-state index contributed by atoms with van der Waals surface area (Å²) in [5.74, 6) is -1.81. The molecule has 0 radical (unpaired) electrons. The molecule has 0 aliphatic carbocycles. The summed E-state index contributed by atoms with van der Waals surface area (Å²) in [4.78, 5) is 25.2. The number of pyridine rings is 1. The molecule has 9 heteroatoms. The molecule has 1 unspecified atom stereocenters. The largest absolute Gasteiger partial charge is 0.573 e. The lowest BCUT2D eigenvalue weighted by molar-refractivity contribution is -0.274. The van der Waals surface area contributed by atoms with E-state index in [1.807, 2.05) is 0 Å². The number of benzene rings is 2. The maximum absolute atomic E-state index is 13.0. The van der Waals surface area contributed by atoms with E-state index in [1.54, 1.807) is 45.0 Å². The number of carboxylic acid groups (broad SMARTS) is 1. The first-order chi connectivity index (χ1) is 14.8. The molecule has 0 saturated heterocycles. The van der Waals surface area contributed by atoms with Gasteiger partial charge in [0.1, 0.15) is 5.75 Å². The molecule has 0 bridgehead atoms. The van der Waals surface area contributed by atoms with Gasteiger partial charge in [0, 0.05) is 18.0 Å². The van der Waals surface area contributed by atoms with Gasteiger partial charge in [-0.15, -0.1) is 13.2 Å². The summed E-state index contributed by atoms with van der Waals surface area (Å²) in [5, 5.41) is 10.6. The molecular formula is C23H22F3NO5. The minimum absolute atomic E-state index is 0.0142. The Labute approximate surface area is 181 Å². The van der Waals surface area contributed by atoms with Gasteiger partial charge in [0.2, 0.25) is 0 Å². The van der Waals surface area contributed by atoms with Crippen molar-refractivity contribution in [2.45, 2.75) is 38.8 Å². The van der Waals surface area contributed by atoms with E-state index in [9.17, 15) is 27.9 Å². The third-order valence-corrected chi connectivity index (χ3v) is 4.65. The molecule has 3 aromatic rings. The minimum atomic E-state index is -4.90. The van der Waals surface area contributed by atoms with Gasteiger partial charge in [-0.3, -0.25) is 4.79 Å². The molecule has 1 aromatic heterocycles. The van der Waals surface area contributed by atoms with Crippen molar-refractivity contribution in [2.24, 2.45) is 7.05 Å². The van der Waals surface area contributed by atoms with Crippen molar-refractivity contribution in [1.82, 2.24) is 4.57 Å². The Morgan fingerprint density at radius 1 is 1.03 bits per heavy atom. The Kier molecular flexibility index (Phi) is 6.06. The van der Waals surface area contributed by atoms with Gasteiger partial charge in [0.15, 0.2) is 6.10 Å². The third kappa shape index (κ3) is 4.94. The summed E-state index contributed by atoms with van der Waals surface area (Å²) in [5.41, 5.74) is -0.807. The van der Waals surface area contributed by atoms with E-state index >= 15 is 0 Å². The molecule has 3 rings (SSSR count). The highest BCUT2D eigenvalue weighted by Gasteiger charge is 2.34. The number of rotatable bonds is 5. The zero-order valence-electron chi connectivity index (χ0n) is 17.9. The average molecular weight is 449 g/mol. The number of nitrogens with zero attached hydrogens (tertiary/aromatic N) is 1. The maximum Gasteiger partial charge on any atom is 0.573 e. The number of carboxylic acids is 1. The van der Waals surface area contributed by atoms with Crippen LogP contribution in [0.15, 0.2) is 53.3 Å². The summed E-state index contributed by atoms with van der Waals surface area (Å²) >= 11 is 0. The molecule has 0 aliphatic rings. The van der Waals surface area contributed by atoms with E-state index in [1.165, 1.54) is 23.7 Å². The highest BCUT2D eigenvalue weighted by atomic mass is 19.4. The fraction of sp³-hybridized carbons (Fsp3) is 0.304. The van der Waals surface area contributed by atoms with E-state index in [4.69, 9.17) is 4.74 Å². The summed E-state index contributed by atoms with van der Waals surface area (Å²) < 4.78 is 49.3. The van der Waals surface area contributed by atoms with E-state index in [0.29, 0.717) is 5.39 Å². The minimum Gasteiger partial charge on any atom is -0.479 e. The van der Waals surface area contributed by atoms with Crippen LogP contribution in [0, 0.1) is 0 Å². The van der Waals surface area contributed by atoms with Crippen molar-refractivity contribution in [3.05, 3.63) is 64.6 Å². The van der Waals surface area contributed by atoms with E-state index in [0.717, 1.165) is 12.1 Å². The van der Waals surface area contributed by atoms with Crippen molar-refractivity contribution >= 4 is 16.7 Å². The van der Waals surface area contributed by atoms with Crippen molar-refractivity contribution in [1.29, 1.82) is 0 Å². The van der Waals surface area contributed by atoms with Crippen LogP contribution in [-0.4, -0.2) is 27.6 Å². The number of aromatic nitrogens is 1. The lowest BCUT2D eigenvalue weighted by Crippen LogP contribution is -2.32. The number of fused-ring (bicyclic) bond motifs is 1. The summed E-state index contributed by atoms with van der Waals surface area (Å²) in [6.45, 7) is 5.00. The van der Waals surface area contributed by atoms with Gasteiger partial charge in [-0.2, -0.15) is 0 Å². The van der Waals surface area contributed by atoms with Crippen LogP contribution in [0.3, 0.4) is 0 Å². The van der Waals surface area contributed by atoms with E-state index in [-0.39, 0.29) is 22.2 Å². The van der Waals surface area contributed by atoms with Crippen LogP contribution < -0.4 is 10.3 Å². The van der Waals surface area contributed by atoms with Gasteiger partial charge < -0.3 is 19.1 Å². The van der Waals surface area contributed by atoms with E-state index in [2.05, 4.69) is 4.74 Å². The topological polar surface area (TPSA) is 77.8 Å². The van der Waals surface area contributed by atoms with Gasteiger partial charge in [-0.25, -0.2) is 4.79 Å². The Balaban J connectivity index is 2.40. The summed E-state index contributed by atoms with van der Waals surface area (Å²) in [6.07, 6.45) is -6.45. The molecule has 0 aliphatic heterocycles. The molecule has 1 N–H and O–H groups in total. The zero-order valence-corrected chi connectivity index (χ0v) is 17.9. The highest BCUT2D eigenvalue weighted by Crippen LogP contribution is 2.38. The Bertz CT molecular complexity index is 1220. The number of hydrogen-bond acceptors (Lipinski definition) is 4. The Hall–Kier alpha value is -3.33. The van der Waals surface area contributed by atoms with Gasteiger partial charge in [0.25, 0.3) is 5.56 Å². The predicted octanol–water partition coefficient (Wildman–Crippen LogP) is 5.04. The van der Waals surface area contributed by atoms with Gasteiger partial charge in [-0.1, -0.05) is 30.3 Å². The van der Waals surface area contributed by atoms with Crippen LogP contribution in [0.1, 0.15) is 32.6 Å². The molecule has 0 spiro atoms. The van der Waals surface area contributed by atoms with Crippen molar-refractivity contribution < 1.29 is 32.5 Å². The standard InChI is InChI=1S/C23H22F3NO5/c1-22(2,3)32-19(21(29)30)18-17(13-8-7-9-14(12-13)31-23(24,25)26)15-10-5-6-11-16(15)20(28)27(18)4/h5-12,19H,1-4H3,(H,29,30). The molecule has 32 heavy (non-hydrogen) atoms. The lowest BCUT2D eigenvalue weighted by Gasteiger charge is -2.28. The molecule has 0 fully saturated rings. The number of ether oxygens (including phenoxy) is 2. The summed E-state index contributed by atoms with van der Waals surface area (Å²) in [6, 6.07) is 11.7. The van der Waals surface area contributed by atoms with Crippen molar-refractivity contribution in [3.63, 3.8) is 0 Å². The second-order valence-electron chi connectivity index (χ2n) is 8.19. The smallest absolute Gasteiger partial charge is 0.479 e. The normalized spacial score (nSPS) is 13.2. The van der Waals surface area contributed by atoms with Crippen LogP contribution in [0.25, 0.3) is 21.9 Å². The van der Waals surface area contributed by atoms with Gasteiger partial charge >= 0.3 is 12.3 Å². The first-order valence-electron chi connectivity index (χ1n) is 9.67. The quantitative estimate of drug-likeness (QED) is 0.590. The van der Waals surface area contributed by atoms with Crippen molar-refractivity contribution in [2.75, 3.05) is 0 Å². The number of aliphatic carboxylic acids is 1. The van der Waals surface area contributed by atoms with Crippen LogP contribution in [0.2, 0.25) is 0 Å². The fourth-order valence-corrected chi connectivity index (χ4v) is 3.52. The Morgan fingerprint density at radius 3 is 2.22 bits per heavy atom. The van der Waals surface area contributed by atoms with Crippen LogP contribution in [0.4, 0.5) is 13.2 Å². The number of alkyl halides is 3. The molecule has 0 saturated carbocycles. The molecular weight excluding hydrogens is 427 g/mol. The fourth-order valence-electron chi connectivity index (χ4n) is 3.52. The molecule has 6 nitrogen and oxygen atoms in total. The molecule has 1 atom stereocenters. The van der Waals surface area contributed by atoms with Gasteiger partial charge in [0.05, 0.1) is 11.3 Å². The number of hydrogen-bond donors (Lipinski definition) is 1. The SMILES string of the molecule is Cn1c(C(OC(C)(C)C)C(=O)O)c(-c2cccc(OC(F)(F)F)c2)c2ccccc2c1=O. The van der Waals surface area contributed by atoms with Gasteiger partial charge in [-0.05, 0) is 49.9 Å². The van der Waals surface area contributed by atoms with E-state index < -0.39 is 35.3 Å². The van der Waals surface area contributed by atoms with Crippen LogP contribution in [0.5, 0.6) is 5.75 Å². The van der Waals surface area contributed by atoms with Crippen LogP contribution >= 0.6 is 0 Å². The summed E-state index contributed by atoms with van der Waals surface area (Å²) in [7, 11) is 1.41. The monoisotopic (exact) mass is 449 g/mol. The molecule has 0 amide bonds. The zero-order chi connectivity index (χ0) is 23.8. The molecule has 2 aromatic carbocycles. The maximum atomic E-state index is 13.0. The van der Waals surface area contributed by atoms with Crippen molar-refractivity contribution in [3.8, 4) is 16.9 Å². The Morgan fingerprint density at radius 2 is 1.66 bits per heavy atom.